The lowest BCUT2D eigenvalue weighted by molar-refractivity contribution is -0.138. The lowest BCUT2D eigenvalue weighted by Gasteiger charge is -2.36. The Bertz CT molecular complexity index is 436. The van der Waals surface area contributed by atoms with Crippen molar-refractivity contribution in [2.45, 2.75) is 31.7 Å². The molecule has 1 fully saturated rings. The van der Waals surface area contributed by atoms with Gasteiger partial charge in [-0.25, -0.2) is 0 Å². The molecule has 0 bridgehead atoms. The molecule has 1 aliphatic heterocycles. The van der Waals surface area contributed by atoms with E-state index >= 15 is 0 Å². The number of halogens is 3. The van der Waals surface area contributed by atoms with E-state index in [9.17, 15) is 13.2 Å². The topological polar surface area (TPSA) is 56.3 Å². The van der Waals surface area contributed by atoms with Crippen molar-refractivity contribution in [2.24, 2.45) is 0 Å². The van der Waals surface area contributed by atoms with Crippen molar-refractivity contribution >= 4 is 11.3 Å². The maximum atomic E-state index is 12.3. The molecule has 1 aliphatic rings. The third-order valence-corrected chi connectivity index (χ3v) is 3.33. The van der Waals surface area contributed by atoms with Gasteiger partial charge in [-0.15, -0.1) is 5.10 Å². The number of morpholine rings is 1. The summed E-state index contributed by atoms with van der Waals surface area (Å²) in [6.07, 6.45) is -4.70. The number of nitrogens with one attached hydrogen (secondary N) is 1. The lowest BCUT2D eigenvalue weighted by Crippen LogP contribution is -2.52. The summed E-state index contributed by atoms with van der Waals surface area (Å²) < 4.78 is 47.9. The van der Waals surface area contributed by atoms with Crippen molar-refractivity contribution in [3.05, 3.63) is 5.01 Å². The van der Waals surface area contributed by atoms with Gasteiger partial charge in [-0.05, 0) is 13.8 Å². The fraction of sp³-hybridized carbons (Fsp3) is 0.800. The van der Waals surface area contributed by atoms with Gasteiger partial charge in [0.25, 0.3) is 5.19 Å². The highest BCUT2D eigenvalue weighted by atomic mass is 32.1. The van der Waals surface area contributed by atoms with Crippen molar-refractivity contribution in [3.63, 3.8) is 0 Å². The zero-order valence-corrected chi connectivity index (χ0v) is 11.3. The normalized spacial score (nSPS) is 23.3. The molecule has 0 aliphatic carbocycles. The van der Waals surface area contributed by atoms with Gasteiger partial charge in [-0.1, -0.05) is 16.4 Å². The van der Waals surface area contributed by atoms with Gasteiger partial charge in [0.05, 0.1) is 5.60 Å². The Kier molecular flexibility index (Phi) is 3.98. The summed E-state index contributed by atoms with van der Waals surface area (Å²) >= 11 is 0.383. The number of alkyl halides is 3. The van der Waals surface area contributed by atoms with Crippen LogP contribution in [0, 0.1) is 0 Å². The number of hydrogen-bond donors (Lipinski definition) is 1. The second kappa shape index (κ2) is 5.22. The van der Waals surface area contributed by atoms with E-state index < -0.39 is 11.2 Å². The summed E-state index contributed by atoms with van der Waals surface area (Å²) in [5.41, 5.74) is -0.315. The molecule has 0 saturated carbocycles. The Morgan fingerprint density at radius 2 is 2.21 bits per heavy atom. The van der Waals surface area contributed by atoms with Crippen LogP contribution in [-0.4, -0.2) is 41.6 Å². The minimum atomic E-state index is -4.48. The molecule has 1 aromatic rings. The van der Waals surface area contributed by atoms with Gasteiger partial charge in [-0.3, -0.25) is 0 Å². The third kappa shape index (κ3) is 4.02. The second-order valence-electron chi connectivity index (χ2n) is 4.81. The SMILES string of the molecule is CC1(C)CNCC(COc2nnc(C(F)(F)F)s2)O1. The molecule has 1 N–H and O–H groups in total. The van der Waals surface area contributed by atoms with E-state index in [4.69, 9.17) is 9.47 Å². The highest BCUT2D eigenvalue weighted by Crippen LogP contribution is 2.33. The van der Waals surface area contributed by atoms with Crippen molar-refractivity contribution in [3.8, 4) is 5.19 Å². The van der Waals surface area contributed by atoms with Crippen molar-refractivity contribution < 1.29 is 22.6 Å². The molecule has 1 atom stereocenters. The first-order valence-electron chi connectivity index (χ1n) is 5.68. The summed E-state index contributed by atoms with van der Waals surface area (Å²) in [4.78, 5) is 0. The Morgan fingerprint density at radius 1 is 1.47 bits per heavy atom. The molecule has 1 aromatic heterocycles. The Morgan fingerprint density at radius 3 is 2.79 bits per heavy atom. The standard InChI is InChI=1S/C10H14F3N3O2S/c1-9(2)5-14-3-6(18-9)4-17-8-16-15-7(19-8)10(11,12)13/h6,14H,3-5H2,1-2H3. The molecule has 2 heterocycles. The van der Waals surface area contributed by atoms with E-state index in [1.165, 1.54) is 0 Å². The maximum absolute atomic E-state index is 12.3. The quantitative estimate of drug-likeness (QED) is 0.920. The van der Waals surface area contributed by atoms with Crippen LogP contribution >= 0.6 is 11.3 Å². The fourth-order valence-electron chi connectivity index (χ4n) is 1.71. The van der Waals surface area contributed by atoms with E-state index in [0.717, 1.165) is 6.54 Å². The highest BCUT2D eigenvalue weighted by Gasteiger charge is 2.36. The zero-order valence-electron chi connectivity index (χ0n) is 10.5. The molecule has 0 radical (unpaired) electrons. The van der Waals surface area contributed by atoms with Gasteiger partial charge in [-0.2, -0.15) is 13.2 Å². The van der Waals surface area contributed by atoms with Gasteiger partial charge < -0.3 is 14.8 Å². The lowest BCUT2D eigenvalue weighted by atomic mass is 10.1. The fourth-order valence-corrected chi connectivity index (χ4v) is 2.28. The van der Waals surface area contributed by atoms with Crippen LogP contribution in [0.1, 0.15) is 18.9 Å². The minimum Gasteiger partial charge on any atom is -0.466 e. The monoisotopic (exact) mass is 297 g/mol. The van der Waals surface area contributed by atoms with Crippen LogP contribution in [0.3, 0.4) is 0 Å². The van der Waals surface area contributed by atoms with Gasteiger partial charge >= 0.3 is 6.18 Å². The molecular weight excluding hydrogens is 283 g/mol. The van der Waals surface area contributed by atoms with Crippen LogP contribution in [0.2, 0.25) is 0 Å². The second-order valence-corrected chi connectivity index (χ2v) is 5.75. The smallest absolute Gasteiger partial charge is 0.445 e. The van der Waals surface area contributed by atoms with Crippen LogP contribution in [0.15, 0.2) is 0 Å². The maximum Gasteiger partial charge on any atom is 0.445 e. The van der Waals surface area contributed by atoms with Crippen LogP contribution in [-0.2, 0) is 10.9 Å². The molecule has 5 nitrogen and oxygen atoms in total. The predicted molar refractivity (Wildman–Crippen MR) is 62.2 cm³/mol. The first-order chi connectivity index (χ1) is 8.76. The Labute approximate surface area is 112 Å². The average Bonchev–Trinajstić information content (AvgIpc) is 2.73. The van der Waals surface area contributed by atoms with Crippen molar-refractivity contribution in [1.82, 2.24) is 15.5 Å². The molecule has 19 heavy (non-hydrogen) atoms. The largest absolute Gasteiger partial charge is 0.466 e. The number of ether oxygens (including phenoxy) is 2. The van der Waals surface area contributed by atoms with E-state index in [-0.39, 0.29) is 23.5 Å². The van der Waals surface area contributed by atoms with E-state index in [0.29, 0.717) is 17.9 Å². The minimum absolute atomic E-state index is 0.0979. The summed E-state index contributed by atoms with van der Waals surface area (Å²) in [5.74, 6) is 0. The zero-order chi connectivity index (χ0) is 14.1. The van der Waals surface area contributed by atoms with E-state index in [2.05, 4.69) is 15.5 Å². The summed E-state index contributed by atoms with van der Waals surface area (Å²) in [5, 5.41) is 8.46. The molecule has 1 saturated heterocycles. The Balaban J connectivity index is 1.87. The summed E-state index contributed by atoms with van der Waals surface area (Å²) in [6.45, 7) is 5.32. The van der Waals surface area contributed by atoms with Crippen LogP contribution in [0.25, 0.3) is 0 Å². The van der Waals surface area contributed by atoms with Gasteiger partial charge in [0.2, 0.25) is 5.01 Å². The van der Waals surface area contributed by atoms with Gasteiger partial charge in [0.15, 0.2) is 0 Å². The number of aromatic nitrogens is 2. The van der Waals surface area contributed by atoms with Crippen LogP contribution < -0.4 is 10.1 Å². The first-order valence-corrected chi connectivity index (χ1v) is 6.50. The number of nitrogens with zero attached hydrogens (tertiary/aromatic N) is 2. The first kappa shape index (κ1) is 14.5. The van der Waals surface area contributed by atoms with Gasteiger partial charge in [0, 0.05) is 13.1 Å². The van der Waals surface area contributed by atoms with Crippen molar-refractivity contribution in [2.75, 3.05) is 19.7 Å². The number of rotatable bonds is 3. The molecule has 9 heteroatoms. The van der Waals surface area contributed by atoms with Crippen molar-refractivity contribution in [1.29, 1.82) is 0 Å². The molecular formula is C10H14F3N3O2S. The predicted octanol–water partition coefficient (Wildman–Crippen LogP) is 1.70. The number of hydrogen-bond acceptors (Lipinski definition) is 6. The molecule has 1 unspecified atom stereocenters. The highest BCUT2D eigenvalue weighted by molar-refractivity contribution is 7.13. The third-order valence-electron chi connectivity index (χ3n) is 2.45. The molecule has 0 aromatic carbocycles. The molecule has 0 spiro atoms. The molecule has 2 rings (SSSR count). The Hall–Kier alpha value is -0.930. The molecule has 0 amide bonds. The van der Waals surface area contributed by atoms with Gasteiger partial charge in [0.1, 0.15) is 12.7 Å². The van der Waals surface area contributed by atoms with Crippen LogP contribution in [0.4, 0.5) is 13.2 Å². The average molecular weight is 297 g/mol. The summed E-state index contributed by atoms with van der Waals surface area (Å²) in [7, 11) is 0. The van der Waals surface area contributed by atoms with E-state index in [1.807, 2.05) is 13.8 Å². The summed E-state index contributed by atoms with van der Waals surface area (Å²) in [6, 6.07) is 0. The molecule has 108 valence electrons. The van der Waals surface area contributed by atoms with E-state index in [1.54, 1.807) is 0 Å². The van der Waals surface area contributed by atoms with Crippen LogP contribution in [0.5, 0.6) is 5.19 Å².